The Labute approximate surface area is 384 Å². The first kappa shape index (κ1) is 39.7. The first-order chi connectivity index (χ1) is 31.4. The van der Waals surface area contributed by atoms with Crippen LogP contribution in [0.2, 0.25) is 0 Å². The molecule has 0 spiro atoms. The molecule has 0 bridgehead atoms. The lowest BCUT2D eigenvalue weighted by Crippen LogP contribution is -2.30. The van der Waals surface area contributed by atoms with Gasteiger partial charge in [-0.25, -0.2) is 0 Å². The summed E-state index contributed by atoms with van der Waals surface area (Å²) >= 11 is 0. The van der Waals surface area contributed by atoms with E-state index in [1.54, 1.807) is 0 Å². The minimum Gasteiger partial charge on any atom is -0.337 e. The summed E-state index contributed by atoms with van der Waals surface area (Å²) < 4.78 is 2.65. The summed E-state index contributed by atoms with van der Waals surface area (Å²) in [6.07, 6.45) is 25.2. The molecule has 12 rings (SSSR count). The van der Waals surface area contributed by atoms with Gasteiger partial charge in [-0.05, 0) is 117 Å². The Morgan fingerprint density at radius 3 is 1.92 bits per heavy atom. The van der Waals surface area contributed by atoms with E-state index < -0.39 is 0 Å². The highest BCUT2D eigenvalue weighted by Gasteiger charge is 2.41. The SMILES string of the molecule is CC1C=CC=CCN(c2ccc3c(c2)c2cc4c(cc2n3C2C=CC=C3C=CC=CC32)-c2ccc(N3c5ccccc5C(C)(C)c5ccccc53)cc2C4(C)C)c2ccccc2C1(C)C. The van der Waals surface area contributed by atoms with Crippen molar-refractivity contribution in [3.05, 3.63) is 222 Å². The van der Waals surface area contributed by atoms with E-state index in [4.69, 9.17) is 0 Å². The maximum atomic E-state index is 2.65. The van der Waals surface area contributed by atoms with E-state index in [1.807, 2.05) is 0 Å². The molecule has 0 fully saturated rings. The molecule has 0 saturated carbocycles. The molecule has 1 aromatic heterocycles. The maximum absolute atomic E-state index is 2.65. The molecule has 0 N–H and O–H groups in total. The predicted octanol–water partition coefficient (Wildman–Crippen LogP) is 16.2. The number of rotatable bonds is 3. The highest BCUT2D eigenvalue weighted by Crippen LogP contribution is 2.56. The molecule has 3 heteroatoms. The van der Waals surface area contributed by atoms with Crippen LogP contribution in [-0.4, -0.2) is 11.1 Å². The molecule has 65 heavy (non-hydrogen) atoms. The standard InChI is InChI=1S/C62H57N3/c1-40-20-9-8-18-35-63(56-27-15-12-24-49(56)60(40,2)3)42-32-34-55-47(36-42)48-38-53-46(39-59(48)65(55)54-30-19-22-41-21-10-11-23-44(41)54)45-33-31-43(37-52(45)62(53,6)7)64-57-28-16-13-25-50(57)61(4,5)51-26-14-17-29-58(51)64/h8-34,36-40,44,54H,35H2,1-7H3. The molecule has 3 unspecified atom stereocenters. The minimum absolute atomic E-state index is 0.0600. The molecule has 0 amide bonds. The normalized spacial score (nSPS) is 21.6. The number of anilines is 5. The van der Waals surface area contributed by atoms with E-state index in [2.05, 4.69) is 251 Å². The Hall–Kier alpha value is -6.84. The highest BCUT2D eigenvalue weighted by molar-refractivity contribution is 6.12. The Morgan fingerprint density at radius 2 is 1.15 bits per heavy atom. The summed E-state index contributed by atoms with van der Waals surface area (Å²) in [5, 5.41) is 2.60. The van der Waals surface area contributed by atoms with E-state index in [1.165, 1.54) is 94.8 Å². The van der Waals surface area contributed by atoms with Crippen LogP contribution in [0.5, 0.6) is 0 Å². The molecular weight excluding hydrogens is 787 g/mol. The molecule has 2 aliphatic heterocycles. The van der Waals surface area contributed by atoms with E-state index in [-0.39, 0.29) is 28.2 Å². The Kier molecular flexibility index (Phi) is 8.76. The van der Waals surface area contributed by atoms with Crippen LogP contribution in [0.3, 0.4) is 0 Å². The summed E-state index contributed by atoms with van der Waals surface area (Å²) in [7, 11) is 0. The van der Waals surface area contributed by atoms with Crippen molar-refractivity contribution < 1.29 is 0 Å². The number of hydrogen-bond donors (Lipinski definition) is 0. The molecule has 0 radical (unpaired) electrons. The fourth-order valence-electron chi connectivity index (χ4n) is 12.1. The third-order valence-electron chi connectivity index (χ3n) is 16.1. The lowest BCUT2D eigenvalue weighted by atomic mass is 9.73. The highest BCUT2D eigenvalue weighted by atomic mass is 15.2. The molecule has 5 aliphatic rings. The summed E-state index contributed by atoms with van der Waals surface area (Å²) in [6, 6.07) is 46.8. The Morgan fingerprint density at radius 1 is 0.508 bits per heavy atom. The van der Waals surface area contributed by atoms with Gasteiger partial charge in [-0.15, -0.1) is 0 Å². The van der Waals surface area contributed by atoms with Gasteiger partial charge in [0, 0.05) is 56.6 Å². The lowest BCUT2D eigenvalue weighted by molar-refractivity contribution is 0.409. The van der Waals surface area contributed by atoms with E-state index in [0.29, 0.717) is 5.92 Å². The van der Waals surface area contributed by atoms with Crippen molar-refractivity contribution in [2.45, 2.75) is 70.8 Å². The van der Waals surface area contributed by atoms with Crippen LogP contribution in [0.25, 0.3) is 32.9 Å². The van der Waals surface area contributed by atoms with Crippen LogP contribution in [0.4, 0.5) is 28.4 Å². The molecule has 3 atom stereocenters. The summed E-state index contributed by atoms with van der Waals surface area (Å²) in [6.45, 7) is 17.5. The molecule has 320 valence electrons. The van der Waals surface area contributed by atoms with Gasteiger partial charge in [-0.1, -0.05) is 176 Å². The predicted molar refractivity (Wildman–Crippen MR) is 276 cm³/mol. The van der Waals surface area contributed by atoms with Gasteiger partial charge in [0.25, 0.3) is 0 Å². The number of fused-ring (bicyclic) bond motifs is 10. The molecule has 3 heterocycles. The van der Waals surface area contributed by atoms with Gasteiger partial charge in [0.05, 0.1) is 22.9 Å². The van der Waals surface area contributed by atoms with Gasteiger partial charge < -0.3 is 14.4 Å². The van der Waals surface area contributed by atoms with Crippen molar-refractivity contribution in [2.24, 2.45) is 11.8 Å². The van der Waals surface area contributed by atoms with Gasteiger partial charge in [-0.2, -0.15) is 0 Å². The monoisotopic (exact) mass is 843 g/mol. The average molecular weight is 844 g/mol. The van der Waals surface area contributed by atoms with E-state index in [0.717, 1.165) is 6.54 Å². The number of aromatic nitrogens is 1. The van der Waals surface area contributed by atoms with Gasteiger partial charge in [-0.3, -0.25) is 0 Å². The number of hydrogen-bond acceptors (Lipinski definition) is 2. The van der Waals surface area contributed by atoms with Crippen molar-refractivity contribution in [3.63, 3.8) is 0 Å². The third-order valence-corrected chi connectivity index (χ3v) is 16.1. The summed E-state index contributed by atoms with van der Waals surface area (Å²) in [4.78, 5) is 5.03. The zero-order chi connectivity index (χ0) is 44.4. The van der Waals surface area contributed by atoms with Gasteiger partial charge >= 0.3 is 0 Å². The quantitative estimate of drug-likeness (QED) is 0.176. The molecular formula is C62H57N3. The zero-order valence-corrected chi connectivity index (χ0v) is 38.7. The number of nitrogens with zero attached hydrogens (tertiary/aromatic N) is 3. The first-order valence-corrected chi connectivity index (χ1v) is 23.6. The molecule has 3 nitrogen and oxygen atoms in total. The van der Waals surface area contributed by atoms with Gasteiger partial charge in [0.1, 0.15) is 0 Å². The van der Waals surface area contributed by atoms with Crippen molar-refractivity contribution in [3.8, 4) is 11.1 Å². The van der Waals surface area contributed by atoms with E-state index >= 15 is 0 Å². The van der Waals surface area contributed by atoms with E-state index in [9.17, 15) is 0 Å². The van der Waals surface area contributed by atoms with Crippen LogP contribution < -0.4 is 9.80 Å². The van der Waals surface area contributed by atoms with Gasteiger partial charge in [0.15, 0.2) is 0 Å². The molecule has 3 aliphatic carbocycles. The van der Waals surface area contributed by atoms with Crippen LogP contribution in [0.1, 0.15) is 82.3 Å². The smallest absolute Gasteiger partial charge is 0.0629 e. The largest absolute Gasteiger partial charge is 0.337 e. The fourth-order valence-corrected chi connectivity index (χ4v) is 12.1. The molecule has 7 aromatic rings. The number of para-hydroxylation sites is 3. The second-order valence-corrected chi connectivity index (χ2v) is 20.6. The topological polar surface area (TPSA) is 11.4 Å². The second kappa shape index (κ2) is 14.3. The van der Waals surface area contributed by atoms with Crippen molar-refractivity contribution >= 4 is 50.2 Å². The second-order valence-electron chi connectivity index (χ2n) is 20.6. The van der Waals surface area contributed by atoms with Crippen molar-refractivity contribution in [2.75, 3.05) is 16.3 Å². The van der Waals surface area contributed by atoms with Crippen LogP contribution in [-0.2, 0) is 16.2 Å². The lowest BCUT2D eigenvalue weighted by Gasteiger charge is -2.42. The third kappa shape index (κ3) is 5.80. The fraction of sp³-hybridized carbons (Fsp3) is 0.226. The Bertz CT molecular complexity index is 3270. The molecule has 0 saturated heterocycles. The van der Waals surface area contributed by atoms with Crippen LogP contribution in [0, 0.1) is 11.8 Å². The maximum Gasteiger partial charge on any atom is 0.0629 e. The number of benzene rings is 6. The number of allylic oxidation sites excluding steroid dienone is 11. The van der Waals surface area contributed by atoms with Crippen LogP contribution >= 0.6 is 0 Å². The molecule has 6 aromatic carbocycles. The van der Waals surface area contributed by atoms with Crippen molar-refractivity contribution in [1.29, 1.82) is 0 Å². The summed E-state index contributed by atoms with van der Waals surface area (Å²) in [5.41, 5.74) is 19.2. The van der Waals surface area contributed by atoms with Gasteiger partial charge in [0.2, 0.25) is 0 Å². The minimum atomic E-state index is -0.230. The Balaban J connectivity index is 1.06. The summed E-state index contributed by atoms with van der Waals surface area (Å²) in [5.74, 6) is 0.615. The van der Waals surface area contributed by atoms with Crippen LogP contribution in [0.15, 0.2) is 194 Å². The first-order valence-electron chi connectivity index (χ1n) is 23.6. The zero-order valence-electron chi connectivity index (χ0n) is 38.7. The average Bonchev–Trinajstić information content (AvgIpc) is 3.75. The van der Waals surface area contributed by atoms with Crippen molar-refractivity contribution in [1.82, 2.24) is 4.57 Å².